The average molecular weight is 471 g/mol. The highest BCUT2D eigenvalue weighted by Gasteiger charge is 2.72. The molecule has 1 saturated heterocycles. The van der Waals surface area contributed by atoms with Gasteiger partial charge in [0.25, 0.3) is 0 Å². The second-order valence-corrected chi connectivity index (χ2v) is 15.1. The Hall–Kier alpha value is -0.870. The third-order valence-electron chi connectivity index (χ3n) is 13.8. The van der Waals surface area contributed by atoms with Crippen LogP contribution in [0.4, 0.5) is 0 Å². The van der Waals surface area contributed by atoms with Gasteiger partial charge < -0.3 is 14.9 Å². The maximum absolute atomic E-state index is 12.6. The first-order valence-corrected chi connectivity index (χ1v) is 13.9. The van der Waals surface area contributed by atoms with Crippen molar-refractivity contribution in [2.24, 2.45) is 50.2 Å². The minimum absolute atomic E-state index is 0.0357. The number of aliphatic hydroxyl groups excluding tert-OH is 2. The van der Waals surface area contributed by atoms with Gasteiger partial charge >= 0.3 is 5.97 Å². The van der Waals surface area contributed by atoms with Gasteiger partial charge in [-0.2, -0.15) is 0 Å². The normalized spacial score (nSPS) is 59.7. The fourth-order valence-corrected chi connectivity index (χ4v) is 11.1. The van der Waals surface area contributed by atoms with Gasteiger partial charge in [-0.25, -0.2) is 0 Å². The molecular formula is C30H46O4. The Kier molecular flexibility index (Phi) is 4.51. The van der Waals surface area contributed by atoms with Gasteiger partial charge in [0.1, 0.15) is 11.5 Å². The number of esters is 1. The number of fused-ring (bicyclic) bond motifs is 8. The van der Waals surface area contributed by atoms with E-state index < -0.39 is 11.5 Å². The van der Waals surface area contributed by atoms with Crippen LogP contribution in [-0.4, -0.2) is 34.5 Å². The van der Waals surface area contributed by atoms with Gasteiger partial charge in [0.2, 0.25) is 0 Å². The summed E-state index contributed by atoms with van der Waals surface area (Å²) in [4.78, 5) is 12.6. The molecule has 1 aliphatic heterocycles. The van der Waals surface area contributed by atoms with E-state index in [9.17, 15) is 15.0 Å². The first-order chi connectivity index (χ1) is 15.7. The molecule has 5 aliphatic carbocycles. The number of carbonyl (C=O) groups is 1. The molecule has 0 amide bonds. The molecular weight excluding hydrogens is 424 g/mol. The van der Waals surface area contributed by atoms with Gasteiger partial charge in [-0.1, -0.05) is 53.2 Å². The molecule has 11 atom stereocenters. The molecule has 0 spiro atoms. The topological polar surface area (TPSA) is 66.8 Å². The number of hydrogen-bond donors (Lipinski definition) is 2. The monoisotopic (exact) mass is 470 g/mol. The maximum Gasteiger partial charge on any atom is 0.316 e. The Morgan fingerprint density at radius 2 is 1.59 bits per heavy atom. The summed E-state index contributed by atoms with van der Waals surface area (Å²) in [5.74, 6) is 1.27. The van der Waals surface area contributed by atoms with Crippen molar-refractivity contribution in [3.05, 3.63) is 11.6 Å². The molecule has 0 bridgehead atoms. The van der Waals surface area contributed by atoms with Gasteiger partial charge in [0.05, 0.1) is 12.2 Å². The lowest BCUT2D eigenvalue weighted by atomic mass is 9.33. The first-order valence-electron chi connectivity index (χ1n) is 13.9. The van der Waals surface area contributed by atoms with E-state index in [1.807, 2.05) is 6.92 Å². The number of allylic oxidation sites excluding steroid dienone is 2. The second kappa shape index (κ2) is 6.52. The summed E-state index contributed by atoms with van der Waals surface area (Å²) in [7, 11) is 0. The van der Waals surface area contributed by atoms with Crippen LogP contribution in [0, 0.1) is 50.2 Å². The Morgan fingerprint density at radius 1 is 0.882 bits per heavy atom. The van der Waals surface area contributed by atoms with Gasteiger partial charge in [-0.3, -0.25) is 4.79 Å². The predicted octanol–water partition coefficient (Wildman–Crippen LogP) is 5.66. The maximum atomic E-state index is 12.6. The Labute approximate surface area is 205 Å². The van der Waals surface area contributed by atoms with Crippen LogP contribution in [0.1, 0.15) is 99.8 Å². The van der Waals surface area contributed by atoms with Crippen LogP contribution in [-0.2, 0) is 9.53 Å². The van der Waals surface area contributed by atoms with E-state index in [1.165, 1.54) is 18.4 Å². The highest BCUT2D eigenvalue weighted by molar-refractivity contribution is 5.83. The number of carbonyl (C=O) groups excluding carboxylic acids is 1. The second-order valence-electron chi connectivity index (χ2n) is 15.1. The number of ether oxygens (including phenoxy) is 1. The first kappa shape index (κ1) is 23.5. The van der Waals surface area contributed by atoms with Crippen molar-refractivity contribution < 1.29 is 19.7 Å². The molecule has 0 aromatic carbocycles. The molecule has 6 aliphatic rings. The molecule has 2 N–H and O–H groups in total. The molecule has 0 radical (unpaired) electrons. The van der Waals surface area contributed by atoms with Crippen LogP contribution in [0.3, 0.4) is 0 Å². The summed E-state index contributed by atoms with van der Waals surface area (Å²) in [5.41, 5.74) is 1.26. The smallest absolute Gasteiger partial charge is 0.316 e. The van der Waals surface area contributed by atoms with Crippen molar-refractivity contribution in [1.82, 2.24) is 0 Å². The molecule has 4 nitrogen and oxygen atoms in total. The zero-order chi connectivity index (χ0) is 24.7. The largest absolute Gasteiger partial charge is 0.458 e. The van der Waals surface area contributed by atoms with Gasteiger partial charge in [0.15, 0.2) is 0 Å². The Morgan fingerprint density at radius 3 is 2.26 bits per heavy atom. The summed E-state index contributed by atoms with van der Waals surface area (Å²) in [5, 5.41) is 22.4. The summed E-state index contributed by atoms with van der Waals surface area (Å²) < 4.78 is 5.51. The quantitative estimate of drug-likeness (QED) is 0.354. The fourth-order valence-electron chi connectivity index (χ4n) is 11.1. The lowest BCUT2D eigenvalue weighted by molar-refractivity contribution is -0.266. The van der Waals surface area contributed by atoms with Crippen LogP contribution in [0.25, 0.3) is 0 Å². The predicted molar refractivity (Wildman–Crippen MR) is 132 cm³/mol. The zero-order valence-corrected chi connectivity index (χ0v) is 22.4. The Balaban J connectivity index is 1.43. The molecule has 4 heteroatoms. The molecule has 0 aromatic heterocycles. The summed E-state index contributed by atoms with van der Waals surface area (Å²) in [6.07, 6.45) is 9.85. The van der Waals surface area contributed by atoms with Crippen LogP contribution in [0.15, 0.2) is 11.6 Å². The minimum Gasteiger partial charge on any atom is -0.458 e. The number of rotatable bonds is 0. The molecule has 34 heavy (non-hydrogen) atoms. The van der Waals surface area contributed by atoms with Crippen molar-refractivity contribution in [2.75, 3.05) is 0 Å². The highest BCUT2D eigenvalue weighted by atomic mass is 16.6. The molecule has 190 valence electrons. The molecule has 0 aromatic rings. The molecule has 5 fully saturated rings. The number of hydrogen-bond acceptors (Lipinski definition) is 4. The molecule has 1 heterocycles. The lowest BCUT2D eigenvalue weighted by Gasteiger charge is -2.72. The van der Waals surface area contributed by atoms with Gasteiger partial charge in [0, 0.05) is 5.41 Å². The van der Waals surface area contributed by atoms with Crippen molar-refractivity contribution in [3.8, 4) is 0 Å². The molecule has 4 saturated carbocycles. The molecule has 6 rings (SSSR count). The highest BCUT2D eigenvalue weighted by Crippen LogP contribution is 2.76. The van der Waals surface area contributed by atoms with E-state index in [1.54, 1.807) is 0 Å². The minimum atomic E-state index is -0.584. The lowest BCUT2D eigenvalue weighted by Crippen LogP contribution is -2.71. The molecule has 0 unspecified atom stereocenters. The van der Waals surface area contributed by atoms with Crippen molar-refractivity contribution in [3.63, 3.8) is 0 Å². The van der Waals surface area contributed by atoms with Crippen molar-refractivity contribution >= 4 is 5.97 Å². The SMILES string of the molecule is CC1(C)[C@@H](O)CC[C@]2(C)[C@H]3CC=C4[C@H]5C[C@@]6(C)C(=O)O[C@H]6[C@H](O)[C@@]5(C)CC[C@]4(C)[C@@]3(C)CC[C@@H]12. The standard InChI is InChI=1S/C30H46O4/c1-25(2)19-10-13-30(7)20(27(19,4)12-11-21(25)31)9-8-17-18-16-28(5)23(34-24(28)33)22(32)26(18,3)14-15-29(17,30)6/h8,18-23,31-32H,9-16H2,1-7H3/t18-,19+,20-,21+,22+,23+,26+,27+,28-,29+,30+/m1/s1. The van der Waals surface area contributed by atoms with E-state index in [0.717, 1.165) is 38.5 Å². The van der Waals surface area contributed by atoms with E-state index in [4.69, 9.17) is 4.74 Å². The Bertz CT molecular complexity index is 969. The third-order valence-corrected chi connectivity index (χ3v) is 13.8. The third kappa shape index (κ3) is 2.37. The summed E-state index contributed by atoms with van der Waals surface area (Å²) in [6.45, 7) is 16.5. The average Bonchev–Trinajstić information content (AvgIpc) is 2.76. The van der Waals surface area contributed by atoms with E-state index in [-0.39, 0.29) is 51.2 Å². The number of aliphatic hydroxyl groups is 2. The van der Waals surface area contributed by atoms with Crippen molar-refractivity contribution in [2.45, 2.75) is 118 Å². The summed E-state index contributed by atoms with van der Waals surface area (Å²) >= 11 is 0. The zero-order valence-electron chi connectivity index (χ0n) is 22.4. The van der Waals surface area contributed by atoms with E-state index in [0.29, 0.717) is 11.8 Å². The van der Waals surface area contributed by atoms with Crippen LogP contribution >= 0.6 is 0 Å². The van der Waals surface area contributed by atoms with Gasteiger partial charge in [-0.05, 0) is 97.7 Å². The van der Waals surface area contributed by atoms with Crippen LogP contribution < -0.4 is 0 Å². The fraction of sp³-hybridized carbons (Fsp3) is 0.900. The van der Waals surface area contributed by atoms with Crippen LogP contribution in [0.2, 0.25) is 0 Å². The summed E-state index contributed by atoms with van der Waals surface area (Å²) in [6, 6.07) is 0. The van der Waals surface area contributed by atoms with E-state index in [2.05, 4.69) is 47.6 Å². The van der Waals surface area contributed by atoms with Crippen LogP contribution in [0.5, 0.6) is 0 Å². The van der Waals surface area contributed by atoms with Crippen molar-refractivity contribution in [1.29, 1.82) is 0 Å². The van der Waals surface area contributed by atoms with Gasteiger partial charge in [-0.15, -0.1) is 0 Å². The van der Waals surface area contributed by atoms with E-state index >= 15 is 0 Å².